The summed E-state index contributed by atoms with van der Waals surface area (Å²) >= 11 is 0. The fourth-order valence-electron chi connectivity index (χ4n) is 1.31. The van der Waals surface area contributed by atoms with Crippen molar-refractivity contribution in [3.8, 4) is 0 Å². The first-order valence-corrected chi connectivity index (χ1v) is 7.68. The summed E-state index contributed by atoms with van der Waals surface area (Å²) in [6, 6.07) is 6.17. The first kappa shape index (κ1) is 14.8. The molecule has 1 aromatic carbocycles. The molecule has 0 aliphatic heterocycles. The molecule has 100 valence electrons. The van der Waals surface area contributed by atoms with E-state index in [1.807, 2.05) is 0 Å². The van der Waals surface area contributed by atoms with Crippen LogP contribution in [0.4, 0.5) is 4.79 Å². The lowest BCUT2D eigenvalue weighted by Gasteiger charge is -2.05. The number of hydrogen-bond acceptors (Lipinski definition) is 4. The molecule has 0 radical (unpaired) electrons. The highest BCUT2D eigenvalue weighted by molar-refractivity contribution is 8.13. The third-order valence-electron chi connectivity index (χ3n) is 2.16. The van der Waals surface area contributed by atoms with Gasteiger partial charge in [0, 0.05) is 17.2 Å². The van der Waals surface area contributed by atoms with Gasteiger partial charge in [-0.1, -0.05) is 12.1 Å². The largest absolute Gasteiger partial charge is 0.450 e. The molecule has 0 fully saturated rings. The zero-order valence-electron chi connectivity index (χ0n) is 9.85. The van der Waals surface area contributed by atoms with Gasteiger partial charge in [-0.2, -0.15) is 0 Å². The molecule has 0 saturated carbocycles. The van der Waals surface area contributed by atoms with E-state index in [0.29, 0.717) is 19.6 Å². The van der Waals surface area contributed by atoms with Crippen LogP contribution in [0, 0.1) is 0 Å². The van der Waals surface area contributed by atoms with Crippen LogP contribution in [0.2, 0.25) is 0 Å². The Bertz CT molecular complexity index is 498. The van der Waals surface area contributed by atoms with Crippen LogP contribution < -0.4 is 5.32 Å². The number of ether oxygens (including phenoxy) is 1. The molecule has 18 heavy (non-hydrogen) atoms. The van der Waals surface area contributed by atoms with E-state index in [-0.39, 0.29) is 4.90 Å². The van der Waals surface area contributed by atoms with Crippen LogP contribution in [0.15, 0.2) is 29.2 Å². The molecule has 0 spiro atoms. The van der Waals surface area contributed by atoms with Gasteiger partial charge in [-0.15, -0.1) is 0 Å². The maximum atomic E-state index is 11.0. The Morgan fingerprint density at radius 1 is 1.33 bits per heavy atom. The molecule has 7 heteroatoms. The van der Waals surface area contributed by atoms with Gasteiger partial charge in [-0.05, 0) is 31.0 Å². The van der Waals surface area contributed by atoms with Crippen molar-refractivity contribution in [2.45, 2.75) is 18.2 Å². The van der Waals surface area contributed by atoms with Crippen LogP contribution in [-0.4, -0.2) is 27.7 Å². The summed E-state index contributed by atoms with van der Waals surface area (Å²) in [6.07, 6.45) is 0.124. The second-order valence-electron chi connectivity index (χ2n) is 3.48. The van der Waals surface area contributed by atoms with Crippen LogP contribution in [-0.2, 0) is 20.2 Å². The van der Waals surface area contributed by atoms with Crippen molar-refractivity contribution < 1.29 is 17.9 Å². The molecule has 1 rings (SSSR count). The molecule has 1 amide bonds. The standard InChI is InChI=1S/C11H14ClNO4S/c1-2-17-11(14)13-8-7-9-3-5-10(6-4-9)18(12,15)16/h3-6H,2,7-8H2,1H3,(H,13,14). The molecule has 0 aromatic heterocycles. The fraction of sp³-hybridized carbons (Fsp3) is 0.364. The van der Waals surface area contributed by atoms with Crippen molar-refractivity contribution in [2.75, 3.05) is 13.2 Å². The smallest absolute Gasteiger partial charge is 0.407 e. The van der Waals surface area contributed by atoms with Gasteiger partial charge in [0.05, 0.1) is 11.5 Å². The molecular weight excluding hydrogens is 278 g/mol. The summed E-state index contributed by atoms with van der Waals surface area (Å²) in [5.41, 5.74) is 0.899. The highest BCUT2D eigenvalue weighted by atomic mass is 35.7. The van der Waals surface area contributed by atoms with E-state index in [1.165, 1.54) is 12.1 Å². The molecule has 0 bridgehead atoms. The van der Waals surface area contributed by atoms with Gasteiger partial charge in [0.1, 0.15) is 0 Å². The highest BCUT2D eigenvalue weighted by Gasteiger charge is 2.08. The Morgan fingerprint density at radius 2 is 1.94 bits per heavy atom. The van der Waals surface area contributed by atoms with Gasteiger partial charge in [-0.3, -0.25) is 0 Å². The quantitative estimate of drug-likeness (QED) is 0.841. The Kier molecular flexibility index (Phi) is 5.43. The summed E-state index contributed by atoms with van der Waals surface area (Å²) in [6.45, 7) is 2.48. The van der Waals surface area contributed by atoms with Gasteiger partial charge in [0.25, 0.3) is 9.05 Å². The van der Waals surface area contributed by atoms with E-state index in [9.17, 15) is 13.2 Å². The van der Waals surface area contributed by atoms with E-state index in [2.05, 4.69) is 5.32 Å². The van der Waals surface area contributed by atoms with Gasteiger partial charge in [0.15, 0.2) is 0 Å². The minimum absolute atomic E-state index is 0.0614. The van der Waals surface area contributed by atoms with Crippen LogP contribution in [0.5, 0.6) is 0 Å². The maximum absolute atomic E-state index is 11.0. The first-order valence-electron chi connectivity index (χ1n) is 5.37. The van der Waals surface area contributed by atoms with Gasteiger partial charge in [-0.25, -0.2) is 13.2 Å². The number of nitrogens with one attached hydrogen (secondary N) is 1. The molecule has 1 N–H and O–H groups in total. The highest BCUT2D eigenvalue weighted by Crippen LogP contribution is 2.15. The normalized spacial score (nSPS) is 11.0. The molecule has 5 nitrogen and oxygen atoms in total. The van der Waals surface area contributed by atoms with Crippen molar-refractivity contribution in [1.82, 2.24) is 5.32 Å². The maximum Gasteiger partial charge on any atom is 0.407 e. The fourth-order valence-corrected chi connectivity index (χ4v) is 2.08. The summed E-state index contributed by atoms with van der Waals surface area (Å²) < 4.78 is 26.7. The van der Waals surface area contributed by atoms with Gasteiger partial charge in [0.2, 0.25) is 0 Å². The Balaban J connectivity index is 2.47. The van der Waals surface area contributed by atoms with E-state index in [4.69, 9.17) is 15.4 Å². The van der Waals surface area contributed by atoms with Crippen LogP contribution in [0.1, 0.15) is 12.5 Å². The number of rotatable bonds is 5. The minimum Gasteiger partial charge on any atom is -0.450 e. The van der Waals surface area contributed by atoms with Crippen molar-refractivity contribution in [2.24, 2.45) is 0 Å². The Hall–Kier alpha value is -1.27. The number of carbonyl (C=O) groups is 1. The Morgan fingerprint density at radius 3 is 2.44 bits per heavy atom. The number of amides is 1. The zero-order chi connectivity index (χ0) is 13.6. The predicted molar refractivity (Wildman–Crippen MR) is 68.2 cm³/mol. The van der Waals surface area contributed by atoms with Gasteiger partial charge >= 0.3 is 6.09 Å². The average molecular weight is 292 g/mol. The van der Waals surface area contributed by atoms with Crippen LogP contribution >= 0.6 is 10.7 Å². The second-order valence-corrected chi connectivity index (χ2v) is 6.04. The van der Waals surface area contributed by atoms with Crippen LogP contribution in [0.25, 0.3) is 0 Å². The third kappa shape index (κ3) is 4.93. The third-order valence-corrected chi connectivity index (χ3v) is 3.53. The molecule has 0 heterocycles. The summed E-state index contributed by atoms with van der Waals surface area (Å²) in [5.74, 6) is 0. The molecule has 0 unspecified atom stereocenters. The number of carbonyl (C=O) groups excluding carboxylic acids is 1. The Labute approximate surface area is 111 Å². The van der Waals surface area contributed by atoms with Crippen molar-refractivity contribution in [1.29, 1.82) is 0 Å². The lowest BCUT2D eigenvalue weighted by molar-refractivity contribution is 0.152. The summed E-state index contributed by atoms with van der Waals surface area (Å²) in [5, 5.41) is 2.57. The van der Waals surface area contributed by atoms with E-state index in [1.54, 1.807) is 19.1 Å². The summed E-state index contributed by atoms with van der Waals surface area (Å²) in [7, 11) is 1.51. The van der Waals surface area contributed by atoms with E-state index in [0.717, 1.165) is 5.56 Å². The molecule has 0 atom stereocenters. The molecule has 1 aromatic rings. The van der Waals surface area contributed by atoms with Crippen molar-refractivity contribution in [3.05, 3.63) is 29.8 Å². The monoisotopic (exact) mass is 291 g/mol. The summed E-state index contributed by atoms with van der Waals surface area (Å²) in [4.78, 5) is 11.1. The zero-order valence-corrected chi connectivity index (χ0v) is 11.4. The van der Waals surface area contributed by atoms with E-state index >= 15 is 0 Å². The lowest BCUT2D eigenvalue weighted by atomic mass is 10.1. The topological polar surface area (TPSA) is 72.5 Å². The number of benzene rings is 1. The van der Waals surface area contributed by atoms with Gasteiger partial charge < -0.3 is 10.1 Å². The van der Waals surface area contributed by atoms with E-state index < -0.39 is 15.1 Å². The van der Waals surface area contributed by atoms with Crippen molar-refractivity contribution >= 4 is 25.8 Å². The van der Waals surface area contributed by atoms with Crippen molar-refractivity contribution in [3.63, 3.8) is 0 Å². The SMILES string of the molecule is CCOC(=O)NCCc1ccc(S(=O)(=O)Cl)cc1. The van der Waals surface area contributed by atoms with Crippen LogP contribution in [0.3, 0.4) is 0 Å². The molecule has 0 aliphatic carbocycles. The second kappa shape index (κ2) is 6.61. The minimum atomic E-state index is -3.68. The molecule has 0 saturated heterocycles. The predicted octanol–water partition coefficient (Wildman–Crippen LogP) is 1.90. The first-order chi connectivity index (χ1) is 8.43. The molecule has 0 aliphatic rings. The number of alkyl carbamates (subject to hydrolysis) is 1. The number of halogens is 1. The average Bonchev–Trinajstić information content (AvgIpc) is 2.29. The molecular formula is C11H14ClNO4S. The number of hydrogen-bond donors (Lipinski definition) is 1. The lowest BCUT2D eigenvalue weighted by Crippen LogP contribution is -2.26.